The number of sulfone groups is 1. The molecular weight excluding hydrogens is 242 g/mol. The molecule has 0 radical (unpaired) electrons. The molecule has 1 N–H and O–H groups in total. The van der Waals surface area contributed by atoms with Crippen LogP contribution in [0.1, 0.15) is 43.9 Å². The van der Waals surface area contributed by atoms with E-state index < -0.39 is 9.84 Å². The van der Waals surface area contributed by atoms with Crippen LogP contribution in [0, 0.1) is 0 Å². The number of aromatic nitrogens is 3. The van der Waals surface area contributed by atoms with Gasteiger partial charge in [-0.25, -0.2) is 8.42 Å². The largest absolute Gasteiger partial charge is 0.388 e. The zero-order chi connectivity index (χ0) is 12.6. The van der Waals surface area contributed by atoms with Crippen LogP contribution in [-0.4, -0.2) is 39.8 Å². The lowest BCUT2D eigenvalue weighted by Crippen LogP contribution is -2.14. The summed E-state index contributed by atoms with van der Waals surface area (Å²) in [5.41, 5.74) is 0. The van der Waals surface area contributed by atoms with Gasteiger partial charge in [0.1, 0.15) is 12.4 Å². The zero-order valence-electron chi connectivity index (χ0n) is 10.00. The quantitative estimate of drug-likeness (QED) is 0.841. The van der Waals surface area contributed by atoms with Crippen LogP contribution in [0.25, 0.3) is 0 Å². The topological polar surface area (TPSA) is 85.1 Å². The Morgan fingerprint density at radius 2 is 2.18 bits per heavy atom. The van der Waals surface area contributed by atoms with Crippen LogP contribution in [0.5, 0.6) is 0 Å². The number of nitrogens with zero attached hydrogens (tertiary/aromatic N) is 3. The van der Waals surface area contributed by atoms with Gasteiger partial charge in [-0.1, -0.05) is 0 Å². The van der Waals surface area contributed by atoms with Crippen molar-refractivity contribution in [2.45, 2.75) is 38.8 Å². The Morgan fingerprint density at radius 1 is 1.47 bits per heavy atom. The highest BCUT2D eigenvalue weighted by Crippen LogP contribution is 2.29. The third-order valence-electron chi connectivity index (χ3n) is 3.05. The van der Waals surface area contributed by atoms with Crippen LogP contribution in [0.15, 0.2) is 0 Å². The number of aliphatic hydroxyl groups excluding tert-OH is 1. The lowest BCUT2D eigenvalue weighted by atomic mass is 10.1. The molecule has 0 saturated carbocycles. The number of hydrogen-bond acceptors (Lipinski definition) is 5. The lowest BCUT2D eigenvalue weighted by Gasteiger charge is -2.15. The average molecular weight is 259 g/mol. The predicted molar refractivity (Wildman–Crippen MR) is 62.3 cm³/mol. The van der Waals surface area contributed by atoms with E-state index >= 15 is 0 Å². The zero-order valence-corrected chi connectivity index (χ0v) is 10.8. The van der Waals surface area contributed by atoms with E-state index in [2.05, 4.69) is 10.2 Å². The van der Waals surface area contributed by atoms with Crippen molar-refractivity contribution in [3.63, 3.8) is 0 Å². The smallest absolute Gasteiger partial charge is 0.159 e. The summed E-state index contributed by atoms with van der Waals surface area (Å²) in [5.74, 6) is 1.46. The number of rotatable bonds is 3. The molecule has 96 valence electrons. The molecule has 7 heteroatoms. The molecule has 0 spiro atoms. The van der Waals surface area contributed by atoms with Gasteiger partial charge in [-0.3, -0.25) is 0 Å². The van der Waals surface area contributed by atoms with Crippen molar-refractivity contribution in [2.24, 2.45) is 0 Å². The molecule has 1 fully saturated rings. The van der Waals surface area contributed by atoms with Crippen LogP contribution < -0.4 is 0 Å². The van der Waals surface area contributed by atoms with Crippen LogP contribution in [0.4, 0.5) is 0 Å². The summed E-state index contributed by atoms with van der Waals surface area (Å²) in [4.78, 5) is 0. The molecule has 0 aromatic carbocycles. The predicted octanol–water partition coefficient (Wildman–Crippen LogP) is 0.253. The summed E-state index contributed by atoms with van der Waals surface area (Å²) in [6.45, 7) is 3.76. The number of aliphatic hydroxyl groups is 1. The molecule has 1 aromatic rings. The first kappa shape index (κ1) is 12.5. The SMILES string of the molecule is CC(C)n1c(CO)nnc1C1CCS(=O)(=O)C1. The van der Waals surface area contributed by atoms with Gasteiger partial charge in [-0.2, -0.15) is 0 Å². The highest BCUT2D eigenvalue weighted by atomic mass is 32.2. The normalized spacial score (nSPS) is 23.4. The van der Waals surface area contributed by atoms with Crippen LogP contribution >= 0.6 is 0 Å². The van der Waals surface area contributed by atoms with Crippen LogP contribution in [-0.2, 0) is 16.4 Å². The Kier molecular flexibility index (Phi) is 3.22. The van der Waals surface area contributed by atoms with Crippen molar-refractivity contribution < 1.29 is 13.5 Å². The second-order valence-corrected chi connectivity index (χ2v) is 6.92. The van der Waals surface area contributed by atoms with Gasteiger partial charge in [0.2, 0.25) is 0 Å². The number of hydrogen-bond donors (Lipinski definition) is 1. The Morgan fingerprint density at radius 3 is 2.65 bits per heavy atom. The molecule has 1 unspecified atom stereocenters. The molecule has 17 heavy (non-hydrogen) atoms. The Hall–Kier alpha value is -0.950. The lowest BCUT2D eigenvalue weighted by molar-refractivity contribution is 0.261. The third-order valence-corrected chi connectivity index (χ3v) is 4.82. The fourth-order valence-corrected chi connectivity index (χ4v) is 4.02. The first-order valence-corrected chi connectivity index (χ1v) is 7.51. The van der Waals surface area contributed by atoms with Gasteiger partial charge in [-0.05, 0) is 20.3 Å². The molecule has 2 heterocycles. The first-order valence-electron chi connectivity index (χ1n) is 5.69. The summed E-state index contributed by atoms with van der Waals surface area (Å²) in [6.07, 6.45) is 0.596. The maximum absolute atomic E-state index is 11.5. The molecule has 6 nitrogen and oxygen atoms in total. The molecule has 2 rings (SSSR count). The van der Waals surface area contributed by atoms with Crippen LogP contribution in [0.2, 0.25) is 0 Å². The second kappa shape index (κ2) is 4.38. The van der Waals surface area contributed by atoms with Crippen molar-refractivity contribution in [2.75, 3.05) is 11.5 Å². The van der Waals surface area contributed by atoms with E-state index in [0.29, 0.717) is 18.1 Å². The minimum absolute atomic E-state index is 0.0878. The van der Waals surface area contributed by atoms with Crippen molar-refractivity contribution in [3.8, 4) is 0 Å². The molecule has 0 amide bonds. The molecule has 1 aliphatic rings. The van der Waals surface area contributed by atoms with E-state index in [9.17, 15) is 13.5 Å². The minimum Gasteiger partial charge on any atom is -0.388 e. The van der Waals surface area contributed by atoms with Gasteiger partial charge in [0.15, 0.2) is 15.7 Å². The standard InChI is InChI=1S/C10H17N3O3S/c1-7(2)13-9(5-14)11-12-10(13)8-3-4-17(15,16)6-8/h7-8,14H,3-6H2,1-2H3. The monoisotopic (exact) mass is 259 g/mol. The third kappa shape index (κ3) is 2.35. The van der Waals surface area contributed by atoms with Gasteiger partial charge in [-0.15, -0.1) is 10.2 Å². The first-order chi connectivity index (χ1) is 7.94. The molecular formula is C10H17N3O3S. The maximum atomic E-state index is 11.5. The van der Waals surface area contributed by atoms with Gasteiger partial charge in [0, 0.05) is 12.0 Å². The van der Waals surface area contributed by atoms with Gasteiger partial charge in [0.25, 0.3) is 0 Å². The van der Waals surface area contributed by atoms with Gasteiger partial charge in [0.05, 0.1) is 11.5 Å². The van der Waals surface area contributed by atoms with Crippen molar-refractivity contribution in [1.82, 2.24) is 14.8 Å². The molecule has 1 aromatic heterocycles. The second-order valence-electron chi connectivity index (χ2n) is 4.70. The molecule has 1 aliphatic heterocycles. The van der Waals surface area contributed by atoms with E-state index in [4.69, 9.17) is 0 Å². The van der Waals surface area contributed by atoms with E-state index in [-0.39, 0.29) is 30.1 Å². The van der Waals surface area contributed by atoms with Gasteiger partial charge < -0.3 is 9.67 Å². The van der Waals surface area contributed by atoms with Crippen molar-refractivity contribution >= 4 is 9.84 Å². The highest BCUT2D eigenvalue weighted by Gasteiger charge is 2.33. The Balaban J connectivity index is 2.36. The average Bonchev–Trinajstić information content (AvgIpc) is 2.80. The molecule has 1 saturated heterocycles. The van der Waals surface area contributed by atoms with E-state index in [1.165, 1.54) is 0 Å². The Bertz CT molecular complexity index is 507. The summed E-state index contributed by atoms with van der Waals surface area (Å²) < 4.78 is 24.8. The summed E-state index contributed by atoms with van der Waals surface area (Å²) in [7, 11) is -2.93. The Labute approximate surface area is 101 Å². The fourth-order valence-electron chi connectivity index (χ4n) is 2.28. The maximum Gasteiger partial charge on any atom is 0.159 e. The van der Waals surface area contributed by atoms with Crippen LogP contribution in [0.3, 0.4) is 0 Å². The van der Waals surface area contributed by atoms with Crippen molar-refractivity contribution in [3.05, 3.63) is 11.6 Å². The molecule has 0 aliphatic carbocycles. The summed E-state index contributed by atoms with van der Waals surface area (Å²) in [6, 6.07) is 0.116. The molecule has 1 atom stereocenters. The minimum atomic E-state index is -2.93. The summed E-state index contributed by atoms with van der Waals surface area (Å²) in [5, 5.41) is 17.1. The van der Waals surface area contributed by atoms with E-state index in [0.717, 1.165) is 0 Å². The van der Waals surface area contributed by atoms with Gasteiger partial charge >= 0.3 is 0 Å². The molecule has 0 bridgehead atoms. The van der Waals surface area contributed by atoms with Crippen molar-refractivity contribution in [1.29, 1.82) is 0 Å². The summed E-state index contributed by atoms with van der Waals surface area (Å²) >= 11 is 0. The highest BCUT2D eigenvalue weighted by molar-refractivity contribution is 7.91. The fraction of sp³-hybridized carbons (Fsp3) is 0.800. The van der Waals surface area contributed by atoms with E-state index in [1.54, 1.807) is 0 Å². The van der Waals surface area contributed by atoms with E-state index in [1.807, 2.05) is 18.4 Å².